The second-order valence-corrected chi connectivity index (χ2v) is 9.46. The lowest BCUT2D eigenvalue weighted by Crippen LogP contribution is -2.61. The van der Waals surface area contributed by atoms with E-state index in [1.807, 2.05) is 18.2 Å². The van der Waals surface area contributed by atoms with Crippen LogP contribution in [0.4, 0.5) is 24.5 Å². The molecule has 2 atom stereocenters. The average molecular weight is 471 g/mol. The van der Waals surface area contributed by atoms with Gasteiger partial charge in [-0.3, -0.25) is 4.79 Å². The molecule has 1 saturated heterocycles. The maximum Gasteiger partial charge on any atom is 0.416 e. The van der Waals surface area contributed by atoms with Crippen LogP contribution in [0.1, 0.15) is 37.0 Å². The molecule has 4 rings (SSSR count). The van der Waals surface area contributed by atoms with Crippen LogP contribution in [0.2, 0.25) is 0 Å². The number of nitrogens with one attached hydrogen (secondary N) is 1. The molecule has 2 aromatic carbocycles. The third kappa shape index (κ3) is 4.84. The molecule has 1 amide bonds. The molecule has 1 fully saturated rings. The molecule has 8 heteroatoms. The Morgan fingerprint density at radius 1 is 1.18 bits per heavy atom. The van der Waals surface area contributed by atoms with Crippen molar-refractivity contribution >= 4 is 17.3 Å². The van der Waals surface area contributed by atoms with Gasteiger partial charge in [-0.2, -0.15) is 18.4 Å². The summed E-state index contributed by atoms with van der Waals surface area (Å²) in [7, 11) is 0. The lowest BCUT2D eigenvalue weighted by Gasteiger charge is -2.50. The van der Waals surface area contributed by atoms with Crippen LogP contribution in [0.15, 0.2) is 42.5 Å². The van der Waals surface area contributed by atoms with Crippen LogP contribution in [0.5, 0.6) is 0 Å². The van der Waals surface area contributed by atoms with Gasteiger partial charge in [-0.25, -0.2) is 0 Å². The summed E-state index contributed by atoms with van der Waals surface area (Å²) in [6.45, 7) is 6.37. The lowest BCUT2D eigenvalue weighted by molar-refractivity contribution is -0.137. The van der Waals surface area contributed by atoms with Crippen molar-refractivity contribution in [3.05, 3.63) is 59.2 Å². The maximum absolute atomic E-state index is 13.4. The van der Waals surface area contributed by atoms with Gasteiger partial charge in [0.2, 0.25) is 5.91 Å². The van der Waals surface area contributed by atoms with E-state index in [0.717, 1.165) is 23.9 Å². The van der Waals surface area contributed by atoms with Gasteiger partial charge in [0.25, 0.3) is 0 Å². The molecule has 0 aromatic heterocycles. The zero-order valence-corrected chi connectivity index (χ0v) is 19.4. The average Bonchev–Trinajstić information content (AvgIpc) is 2.81. The number of amides is 1. The Kier molecular flexibility index (Phi) is 6.74. The first-order valence-corrected chi connectivity index (χ1v) is 11.7. The summed E-state index contributed by atoms with van der Waals surface area (Å²) >= 11 is 0. The van der Waals surface area contributed by atoms with Crippen LogP contribution in [0.25, 0.3) is 0 Å². The van der Waals surface area contributed by atoms with E-state index in [9.17, 15) is 23.2 Å². The van der Waals surface area contributed by atoms with Crippen molar-refractivity contribution in [3.63, 3.8) is 0 Å². The minimum absolute atomic E-state index is 0.130. The lowest BCUT2D eigenvalue weighted by atomic mass is 9.82. The Bertz CT molecular complexity index is 1090. The van der Waals surface area contributed by atoms with E-state index < -0.39 is 17.7 Å². The van der Waals surface area contributed by atoms with E-state index >= 15 is 0 Å². The highest BCUT2D eigenvalue weighted by Gasteiger charge is 2.43. The van der Waals surface area contributed by atoms with Crippen LogP contribution in [0, 0.1) is 23.2 Å². The van der Waals surface area contributed by atoms with Gasteiger partial charge >= 0.3 is 6.18 Å². The van der Waals surface area contributed by atoms with Crippen LogP contribution in [0.3, 0.4) is 0 Å². The topological polar surface area (TPSA) is 59.4 Å². The molecule has 0 radical (unpaired) electrons. The van der Waals surface area contributed by atoms with E-state index in [4.69, 9.17) is 0 Å². The maximum atomic E-state index is 13.4. The number of alkyl halides is 3. The zero-order chi connectivity index (χ0) is 24.5. The Balaban J connectivity index is 1.66. The number of carbonyl (C=O) groups is 1. The van der Waals surface area contributed by atoms with Gasteiger partial charge in [0.05, 0.1) is 28.8 Å². The van der Waals surface area contributed by atoms with E-state index in [-0.39, 0.29) is 18.4 Å². The fraction of sp³-hybridized carbons (Fsp3) is 0.462. The molecule has 0 bridgehead atoms. The molecule has 0 unspecified atom stereocenters. The summed E-state index contributed by atoms with van der Waals surface area (Å²) in [5, 5.41) is 12.6. The number of hydrogen-bond acceptors (Lipinski definition) is 4. The van der Waals surface area contributed by atoms with E-state index in [1.165, 1.54) is 12.1 Å². The third-order valence-corrected chi connectivity index (χ3v) is 6.76. The molecule has 5 nitrogen and oxygen atoms in total. The Hall–Kier alpha value is -3.21. The summed E-state index contributed by atoms with van der Waals surface area (Å²) in [6, 6.07) is 13.3. The highest BCUT2D eigenvalue weighted by Crippen LogP contribution is 2.40. The molecule has 180 valence electrons. The molecule has 1 N–H and O–H groups in total. The minimum Gasteiger partial charge on any atom is -0.367 e. The summed E-state index contributed by atoms with van der Waals surface area (Å²) in [4.78, 5) is 17.5. The molecule has 0 saturated carbocycles. The zero-order valence-electron chi connectivity index (χ0n) is 19.4. The van der Waals surface area contributed by atoms with Crippen molar-refractivity contribution in [1.29, 1.82) is 5.26 Å². The van der Waals surface area contributed by atoms with Gasteiger partial charge in [0, 0.05) is 31.9 Å². The first kappa shape index (κ1) is 23.9. The highest BCUT2D eigenvalue weighted by atomic mass is 19.4. The fourth-order valence-corrected chi connectivity index (χ4v) is 4.98. The number of para-hydroxylation sites is 1. The molecule has 0 spiro atoms. The minimum atomic E-state index is -4.43. The first-order valence-electron chi connectivity index (χ1n) is 11.7. The summed E-state index contributed by atoms with van der Waals surface area (Å²) in [6.07, 6.45) is -3.34. The van der Waals surface area contributed by atoms with Gasteiger partial charge in [-0.05, 0) is 54.7 Å². The molecule has 0 aliphatic carbocycles. The number of benzene rings is 2. The van der Waals surface area contributed by atoms with Gasteiger partial charge < -0.3 is 15.1 Å². The fourth-order valence-electron chi connectivity index (χ4n) is 4.98. The molecular weight excluding hydrogens is 441 g/mol. The predicted octanol–water partition coefficient (Wildman–Crippen LogP) is 4.61. The Labute approximate surface area is 198 Å². The highest BCUT2D eigenvalue weighted by molar-refractivity contribution is 5.82. The second kappa shape index (κ2) is 9.57. The second-order valence-electron chi connectivity index (χ2n) is 9.46. The van der Waals surface area contributed by atoms with Crippen molar-refractivity contribution in [2.45, 2.75) is 38.9 Å². The number of carbonyl (C=O) groups excluding carboxylic acids is 1. The molecule has 2 aliphatic heterocycles. The standard InChI is InChI=1S/C26H29F3N4O/c1-17(2)9-10-31-25(34)21-14-19-13-20(26(27,28)29)7-8-23(19)33-12-11-32(16-24(21)33)22-6-4-3-5-18(22)15-30/h3-8,13,17,21,24H,9-12,14,16H2,1-2H3,(H,31,34)/t21-,24+/m0/s1. The number of hydrogen-bond donors (Lipinski definition) is 1. The molecule has 2 heterocycles. The van der Waals surface area contributed by atoms with Crippen molar-refractivity contribution in [1.82, 2.24) is 5.32 Å². The SMILES string of the molecule is CC(C)CCNC(=O)[C@H]1Cc2cc(C(F)(F)F)ccc2N2CCN(c3ccccc3C#N)C[C@H]12. The van der Waals surface area contributed by atoms with Gasteiger partial charge in [-0.15, -0.1) is 0 Å². The quantitative estimate of drug-likeness (QED) is 0.694. The van der Waals surface area contributed by atoms with Crippen LogP contribution in [-0.2, 0) is 17.4 Å². The summed E-state index contributed by atoms with van der Waals surface area (Å²) in [5.41, 5.74) is 2.02. The molecule has 2 aliphatic rings. The van der Waals surface area contributed by atoms with Crippen molar-refractivity contribution in [2.75, 3.05) is 36.0 Å². The number of rotatable bonds is 5. The Morgan fingerprint density at radius 2 is 1.94 bits per heavy atom. The number of piperazine rings is 1. The van der Waals surface area contributed by atoms with E-state index in [0.29, 0.717) is 43.2 Å². The van der Waals surface area contributed by atoms with Crippen LogP contribution < -0.4 is 15.1 Å². The smallest absolute Gasteiger partial charge is 0.367 e. The predicted molar refractivity (Wildman–Crippen MR) is 126 cm³/mol. The number of nitriles is 1. The molecule has 2 aromatic rings. The monoisotopic (exact) mass is 470 g/mol. The van der Waals surface area contributed by atoms with E-state index in [1.54, 1.807) is 6.07 Å². The van der Waals surface area contributed by atoms with Gasteiger partial charge in [0.1, 0.15) is 6.07 Å². The first-order chi connectivity index (χ1) is 16.2. The normalized spacial score (nSPS) is 19.9. The van der Waals surface area contributed by atoms with Gasteiger partial charge in [-0.1, -0.05) is 26.0 Å². The van der Waals surface area contributed by atoms with Crippen LogP contribution in [-0.4, -0.2) is 38.1 Å². The van der Waals surface area contributed by atoms with Gasteiger partial charge in [0.15, 0.2) is 0 Å². The summed E-state index contributed by atoms with van der Waals surface area (Å²) in [5.74, 6) is -0.180. The largest absolute Gasteiger partial charge is 0.416 e. The number of fused-ring (bicyclic) bond motifs is 3. The molecule has 34 heavy (non-hydrogen) atoms. The summed E-state index contributed by atoms with van der Waals surface area (Å²) < 4.78 is 40.1. The molecular formula is C26H29F3N4O. The Morgan fingerprint density at radius 3 is 2.65 bits per heavy atom. The third-order valence-electron chi connectivity index (χ3n) is 6.76. The van der Waals surface area contributed by atoms with Crippen LogP contribution >= 0.6 is 0 Å². The van der Waals surface area contributed by atoms with Crippen molar-refractivity contribution < 1.29 is 18.0 Å². The number of anilines is 2. The van der Waals surface area contributed by atoms with Crippen molar-refractivity contribution in [2.24, 2.45) is 11.8 Å². The number of nitrogens with zero attached hydrogens (tertiary/aromatic N) is 3. The van der Waals surface area contributed by atoms with Crippen molar-refractivity contribution in [3.8, 4) is 6.07 Å². The number of halogens is 3. The van der Waals surface area contributed by atoms with E-state index in [2.05, 4.69) is 35.0 Å².